The van der Waals surface area contributed by atoms with Crippen molar-refractivity contribution < 1.29 is 9.72 Å². The lowest BCUT2D eigenvalue weighted by molar-refractivity contribution is -0.384. The lowest BCUT2D eigenvalue weighted by Gasteiger charge is -1.95. The molecular weight excluding hydrogens is 260 g/mol. The monoisotopic (exact) mass is 266 g/mol. The molecule has 1 amide bonds. The van der Waals surface area contributed by atoms with Crippen LogP contribution in [0.15, 0.2) is 29.2 Å². The maximum Gasteiger partial charge on any atom is 0.270 e. The number of thioether (sulfide) groups is 1. The number of hydrogen-bond acceptors (Lipinski definition) is 5. The van der Waals surface area contributed by atoms with Gasteiger partial charge in [0.25, 0.3) is 11.6 Å². The summed E-state index contributed by atoms with van der Waals surface area (Å²) >= 11 is 5.98. The van der Waals surface area contributed by atoms with Crippen molar-refractivity contribution in [3.05, 3.63) is 44.8 Å². The molecule has 1 fully saturated rings. The van der Waals surface area contributed by atoms with E-state index in [4.69, 9.17) is 12.2 Å². The van der Waals surface area contributed by atoms with Crippen LogP contribution in [-0.4, -0.2) is 15.2 Å². The van der Waals surface area contributed by atoms with Crippen molar-refractivity contribution in [3.8, 4) is 0 Å². The molecule has 1 aliphatic heterocycles. The van der Waals surface area contributed by atoms with Gasteiger partial charge in [0.15, 0.2) is 0 Å². The number of carbonyl (C=O) groups is 1. The van der Waals surface area contributed by atoms with Gasteiger partial charge in [-0.1, -0.05) is 36.1 Å². The van der Waals surface area contributed by atoms with Crippen LogP contribution in [-0.2, 0) is 4.79 Å². The lowest BCUT2D eigenvalue weighted by Crippen LogP contribution is -2.17. The molecule has 86 valence electrons. The number of hydrogen-bond donors (Lipinski definition) is 1. The van der Waals surface area contributed by atoms with Gasteiger partial charge in [-0.05, 0) is 11.6 Å². The van der Waals surface area contributed by atoms with Crippen LogP contribution >= 0.6 is 24.0 Å². The molecule has 0 spiro atoms. The number of benzene rings is 1. The highest BCUT2D eigenvalue weighted by atomic mass is 32.2. The van der Waals surface area contributed by atoms with Crippen LogP contribution in [0.3, 0.4) is 0 Å². The summed E-state index contributed by atoms with van der Waals surface area (Å²) in [6.07, 6.45) is 1.58. The first-order chi connectivity index (χ1) is 8.06. The Morgan fingerprint density at radius 2 is 2.24 bits per heavy atom. The number of rotatable bonds is 2. The topological polar surface area (TPSA) is 72.2 Å². The molecule has 5 nitrogen and oxygen atoms in total. The van der Waals surface area contributed by atoms with Gasteiger partial charge in [0.05, 0.1) is 9.83 Å². The van der Waals surface area contributed by atoms with Gasteiger partial charge in [-0.15, -0.1) is 0 Å². The smallest absolute Gasteiger partial charge is 0.270 e. The zero-order valence-electron chi connectivity index (χ0n) is 8.38. The molecule has 1 N–H and O–H groups in total. The molecule has 1 aromatic carbocycles. The van der Waals surface area contributed by atoms with Crippen LogP contribution in [0, 0.1) is 10.1 Å². The van der Waals surface area contributed by atoms with Crippen molar-refractivity contribution in [2.45, 2.75) is 0 Å². The third kappa shape index (κ3) is 2.69. The van der Waals surface area contributed by atoms with E-state index in [2.05, 4.69) is 5.32 Å². The van der Waals surface area contributed by atoms with Crippen molar-refractivity contribution in [2.24, 2.45) is 0 Å². The average molecular weight is 266 g/mol. The van der Waals surface area contributed by atoms with Crippen LogP contribution < -0.4 is 5.32 Å². The van der Waals surface area contributed by atoms with Crippen molar-refractivity contribution in [2.75, 3.05) is 0 Å². The first-order valence-electron chi connectivity index (χ1n) is 4.55. The standard InChI is InChI=1S/C10H6N2O3S2/c13-9-8(17-10(16)11-9)5-6-2-1-3-7(4-6)12(14)15/h1-5H,(H,11,13,16). The SMILES string of the molecule is O=C1NC(=S)SC1=Cc1cccc([N+](=O)[O-])c1. The highest BCUT2D eigenvalue weighted by Gasteiger charge is 2.22. The van der Waals surface area contributed by atoms with Crippen molar-refractivity contribution in [3.63, 3.8) is 0 Å². The Bertz CT molecular complexity index is 554. The Hall–Kier alpha value is -1.73. The Morgan fingerprint density at radius 1 is 1.47 bits per heavy atom. The van der Waals surface area contributed by atoms with E-state index in [1.54, 1.807) is 18.2 Å². The molecule has 0 atom stereocenters. The Labute approximate surface area is 106 Å². The normalized spacial score (nSPS) is 17.3. The van der Waals surface area contributed by atoms with Crippen molar-refractivity contribution in [1.29, 1.82) is 0 Å². The van der Waals surface area contributed by atoms with Crippen LogP contribution in [0.4, 0.5) is 5.69 Å². The van der Waals surface area contributed by atoms with Gasteiger partial charge < -0.3 is 5.32 Å². The second-order valence-electron chi connectivity index (χ2n) is 3.20. The van der Waals surface area contributed by atoms with E-state index < -0.39 is 4.92 Å². The number of amides is 1. The number of nitrogens with one attached hydrogen (secondary N) is 1. The summed E-state index contributed by atoms with van der Waals surface area (Å²) < 4.78 is 0.395. The molecule has 0 aromatic heterocycles. The number of carbonyl (C=O) groups excluding carboxylic acids is 1. The molecule has 1 heterocycles. The van der Waals surface area contributed by atoms with Crippen LogP contribution in [0.5, 0.6) is 0 Å². The number of nitrogens with zero attached hydrogens (tertiary/aromatic N) is 1. The molecule has 17 heavy (non-hydrogen) atoms. The van der Waals surface area contributed by atoms with Crippen LogP contribution in [0.1, 0.15) is 5.56 Å². The Balaban J connectivity index is 2.33. The number of nitro benzene ring substituents is 1. The molecule has 7 heteroatoms. The molecule has 0 saturated carbocycles. The largest absolute Gasteiger partial charge is 0.307 e. The van der Waals surface area contributed by atoms with E-state index in [0.717, 1.165) is 11.8 Å². The number of nitro groups is 1. The zero-order chi connectivity index (χ0) is 12.4. The zero-order valence-corrected chi connectivity index (χ0v) is 10.0. The van der Waals surface area contributed by atoms with Gasteiger partial charge in [-0.2, -0.15) is 0 Å². The third-order valence-corrected chi connectivity index (χ3v) is 3.18. The quantitative estimate of drug-likeness (QED) is 0.384. The van der Waals surface area contributed by atoms with Crippen LogP contribution in [0.2, 0.25) is 0 Å². The van der Waals surface area contributed by atoms with E-state index in [-0.39, 0.29) is 11.6 Å². The highest BCUT2D eigenvalue weighted by molar-refractivity contribution is 8.26. The maximum absolute atomic E-state index is 11.4. The summed E-state index contributed by atoms with van der Waals surface area (Å²) in [5, 5.41) is 13.1. The van der Waals surface area contributed by atoms with Gasteiger partial charge in [0.2, 0.25) is 0 Å². The first kappa shape index (κ1) is 11.7. The summed E-state index contributed by atoms with van der Waals surface area (Å²) in [6, 6.07) is 6.06. The number of non-ortho nitro benzene ring substituents is 1. The molecule has 1 aromatic rings. The molecule has 2 rings (SSSR count). The first-order valence-corrected chi connectivity index (χ1v) is 5.78. The van der Waals surface area contributed by atoms with E-state index in [0.29, 0.717) is 14.8 Å². The van der Waals surface area contributed by atoms with E-state index in [9.17, 15) is 14.9 Å². The maximum atomic E-state index is 11.4. The third-order valence-electron chi connectivity index (χ3n) is 2.02. The Kier molecular flexibility index (Phi) is 3.21. The van der Waals surface area contributed by atoms with Gasteiger partial charge >= 0.3 is 0 Å². The fourth-order valence-electron chi connectivity index (χ4n) is 1.30. The van der Waals surface area contributed by atoms with Crippen molar-refractivity contribution >= 4 is 46.0 Å². The van der Waals surface area contributed by atoms with E-state index in [1.807, 2.05) is 0 Å². The van der Waals surface area contributed by atoms with Crippen molar-refractivity contribution in [1.82, 2.24) is 5.32 Å². The second-order valence-corrected chi connectivity index (χ2v) is 4.92. The minimum Gasteiger partial charge on any atom is -0.307 e. The van der Waals surface area contributed by atoms with Gasteiger partial charge in [-0.3, -0.25) is 14.9 Å². The fraction of sp³-hybridized carbons (Fsp3) is 0. The minimum atomic E-state index is -0.478. The van der Waals surface area contributed by atoms with E-state index >= 15 is 0 Å². The van der Waals surface area contributed by atoms with E-state index in [1.165, 1.54) is 12.1 Å². The predicted molar refractivity (Wildman–Crippen MR) is 69.4 cm³/mol. The minimum absolute atomic E-state index is 0.00895. The summed E-state index contributed by atoms with van der Waals surface area (Å²) in [5.74, 6) is -0.272. The van der Waals surface area contributed by atoms with Gasteiger partial charge in [-0.25, -0.2) is 0 Å². The highest BCUT2D eigenvalue weighted by Crippen LogP contribution is 2.26. The van der Waals surface area contributed by atoms with Gasteiger partial charge in [0, 0.05) is 12.1 Å². The molecule has 1 saturated heterocycles. The molecular formula is C10H6N2O3S2. The molecule has 0 unspecified atom stereocenters. The predicted octanol–water partition coefficient (Wildman–Crippen LogP) is 2.08. The summed E-state index contributed by atoms with van der Waals surface area (Å²) in [6.45, 7) is 0. The average Bonchev–Trinajstić information content (AvgIpc) is 2.58. The second kappa shape index (κ2) is 4.64. The summed E-state index contributed by atoms with van der Waals surface area (Å²) in [7, 11) is 0. The van der Waals surface area contributed by atoms with Crippen LogP contribution in [0.25, 0.3) is 6.08 Å². The molecule has 0 bridgehead atoms. The summed E-state index contributed by atoms with van der Waals surface area (Å²) in [5.41, 5.74) is 0.590. The lowest BCUT2D eigenvalue weighted by atomic mass is 10.2. The Morgan fingerprint density at radius 3 is 2.82 bits per heavy atom. The van der Waals surface area contributed by atoms with Gasteiger partial charge in [0.1, 0.15) is 4.32 Å². The fourth-order valence-corrected chi connectivity index (χ4v) is 2.34. The molecule has 0 radical (unpaired) electrons. The number of thiocarbonyl (C=S) groups is 1. The molecule has 0 aliphatic carbocycles. The summed E-state index contributed by atoms with van der Waals surface area (Å²) in [4.78, 5) is 21.9. The molecule has 1 aliphatic rings.